The number of aromatic nitrogens is 2. The number of amides is 1. The van der Waals surface area contributed by atoms with Crippen LogP contribution in [0.15, 0.2) is 30.6 Å². The molecule has 0 aliphatic heterocycles. The van der Waals surface area contributed by atoms with Crippen LogP contribution in [0.25, 0.3) is 0 Å². The van der Waals surface area contributed by atoms with E-state index in [9.17, 15) is 14.0 Å². The number of carboxylic acids is 1. The molecule has 0 fully saturated rings. The summed E-state index contributed by atoms with van der Waals surface area (Å²) in [6.45, 7) is 0. The fourth-order valence-electron chi connectivity index (χ4n) is 1.58. The number of aryl methyl sites for hydroxylation is 1. The van der Waals surface area contributed by atoms with Crippen molar-refractivity contribution in [3.05, 3.63) is 47.5 Å². The van der Waals surface area contributed by atoms with Crippen molar-refractivity contribution in [3.63, 3.8) is 0 Å². The van der Waals surface area contributed by atoms with Crippen molar-refractivity contribution in [2.45, 2.75) is 0 Å². The van der Waals surface area contributed by atoms with E-state index in [-0.39, 0.29) is 11.3 Å². The molecule has 0 saturated carbocycles. The highest BCUT2D eigenvalue weighted by Crippen LogP contribution is 2.19. The first-order valence-corrected chi connectivity index (χ1v) is 5.31. The minimum atomic E-state index is -1.44. The number of anilines is 1. The number of nitrogens with zero attached hydrogens (tertiary/aromatic N) is 2. The van der Waals surface area contributed by atoms with Gasteiger partial charge in [-0.3, -0.25) is 9.48 Å². The van der Waals surface area contributed by atoms with Gasteiger partial charge in [0.15, 0.2) is 0 Å². The van der Waals surface area contributed by atoms with Gasteiger partial charge in [0.25, 0.3) is 5.91 Å². The molecule has 1 heterocycles. The molecule has 1 aromatic heterocycles. The normalized spacial score (nSPS) is 10.2. The number of rotatable bonds is 3. The van der Waals surface area contributed by atoms with Crippen molar-refractivity contribution in [1.82, 2.24) is 9.78 Å². The van der Waals surface area contributed by atoms with E-state index < -0.39 is 23.3 Å². The van der Waals surface area contributed by atoms with Crippen LogP contribution in [0, 0.1) is 5.82 Å². The van der Waals surface area contributed by atoms with Crippen molar-refractivity contribution in [1.29, 1.82) is 0 Å². The third-order valence-electron chi connectivity index (χ3n) is 2.44. The van der Waals surface area contributed by atoms with E-state index in [2.05, 4.69) is 10.4 Å². The molecule has 0 radical (unpaired) electrons. The van der Waals surface area contributed by atoms with Crippen molar-refractivity contribution < 1.29 is 19.1 Å². The van der Waals surface area contributed by atoms with Gasteiger partial charge >= 0.3 is 5.97 Å². The lowest BCUT2D eigenvalue weighted by Gasteiger charge is -2.07. The zero-order chi connectivity index (χ0) is 14.0. The second-order valence-corrected chi connectivity index (χ2v) is 3.82. The monoisotopic (exact) mass is 263 g/mol. The molecule has 2 N–H and O–H groups in total. The average molecular weight is 263 g/mol. The summed E-state index contributed by atoms with van der Waals surface area (Å²) in [7, 11) is 1.64. The molecule has 1 aromatic carbocycles. The second kappa shape index (κ2) is 4.89. The van der Waals surface area contributed by atoms with E-state index in [1.807, 2.05) is 0 Å². The maximum atomic E-state index is 13.4. The third kappa shape index (κ3) is 2.59. The fourth-order valence-corrected chi connectivity index (χ4v) is 1.58. The molecular weight excluding hydrogens is 253 g/mol. The lowest BCUT2D eigenvalue weighted by molar-refractivity contribution is 0.0693. The van der Waals surface area contributed by atoms with Crippen LogP contribution in [0.5, 0.6) is 0 Å². The van der Waals surface area contributed by atoms with Gasteiger partial charge in [0.1, 0.15) is 11.4 Å². The summed E-state index contributed by atoms with van der Waals surface area (Å²) >= 11 is 0. The Labute approximate surface area is 107 Å². The summed E-state index contributed by atoms with van der Waals surface area (Å²) in [5.41, 5.74) is -0.413. The van der Waals surface area contributed by atoms with E-state index in [1.54, 1.807) is 7.05 Å². The molecule has 2 rings (SSSR count). The van der Waals surface area contributed by atoms with E-state index in [1.165, 1.54) is 29.2 Å². The number of nitrogens with one attached hydrogen (secondary N) is 1. The second-order valence-electron chi connectivity index (χ2n) is 3.82. The van der Waals surface area contributed by atoms with Crippen LogP contribution >= 0.6 is 0 Å². The standard InChI is InChI=1S/C12H10FN3O3/c1-16-6-7(5-14-16)11(17)15-9-4-2-3-8(13)10(9)12(18)19/h2-6H,1H3,(H,15,17)(H,18,19). The zero-order valence-corrected chi connectivity index (χ0v) is 9.92. The Kier molecular flexibility index (Phi) is 3.28. The number of carboxylic acid groups (broad SMARTS) is 1. The lowest BCUT2D eigenvalue weighted by Crippen LogP contribution is -2.15. The molecule has 0 saturated heterocycles. The maximum absolute atomic E-state index is 13.4. The lowest BCUT2D eigenvalue weighted by atomic mass is 10.1. The van der Waals surface area contributed by atoms with Crippen LogP contribution in [-0.4, -0.2) is 26.8 Å². The van der Waals surface area contributed by atoms with Crippen molar-refractivity contribution in [2.75, 3.05) is 5.32 Å². The molecule has 7 heteroatoms. The highest BCUT2D eigenvalue weighted by molar-refractivity contribution is 6.07. The molecular formula is C12H10FN3O3. The van der Waals surface area contributed by atoms with Crippen LogP contribution in [0.2, 0.25) is 0 Å². The van der Waals surface area contributed by atoms with Crippen molar-refractivity contribution >= 4 is 17.6 Å². The first-order chi connectivity index (χ1) is 8.99. The molecule has 98 valence electrons. The van der Waals surface area contributed by atoms with Crippen molar-refractivity contribution in [3.8, 4) is 0 Å². The first kappa shape index (κ1) is 12.7. The van der Waals surface area contributed by atoms with Gasteiger partial charge in [-0.25, -0.2) is 9.18 Å². The maximum Gasteiger partial charge on any atom is 0.340 e. The van der Waals surface area contributed by atoms with Gasteiger partial charge in [0.2, 0.25) is 0 Å². The van der Waals surface area contributed by atoms with Crippen LogP contribution in [0.3, 0.4) is 0 Å². The molecule has 19 heavy (non-hydrogen) atoms. The first-order valence-electron chi connectivity index (χ1n) is 5.31. The summed E-state index contributed by atoms with van der Waals surface area (Å²) in [4.78, 5) is 22.8. The number of hydrogen-bond donors (Lipinski definition) is 2. The molecule has 0 bridgehead atoms. The van der Waals surface area contributed by atoms with E-state index >= 15 is 0 Å². The highest BCUT2D eigenvalue weighted by Gasteiger charge is 2.18. The van der Waals surface area contributed by atoms with Crippen LogP contribution < -0.4 is 5.32 Å². The van der Waals surface area contributed by atoms with Gasteiger partial charge in [-0.2, -0.15) is 5.10 Å². The summed E-state index contributed by atoms with van der Waals surface area (Å²) < 4.78 is 14.8. The Morgan fingerprint density at radius 1 is 1.42 bits per heavy atom. The molecule has 0 unspecified atom stereocenters. The number of halogens is 1. The predicted octanol–water partition coefficient (Wildman–Crippen LogP) is 1.51. The van der Waals surface area contributed by atoms with Crippen LogP contribution in [0.4, 0.5) is 10.1 Å². The summed E-state index contributed by atoms with van der Waals surface area (Å²) in [6, 6.07) is 3.66. The number of hydrogen-bond acceptors (Lipinski definition) is 3. The van der Waals surface area contributed by atoms with Gasteiger partial charge in [-0.15, -0.1) is 0 Å². The number of benzene rings is 1. The van der Waals surface area contributed by atoms with Gasteiger partial charge in [-0.1, -0.05) is 6.07 Å². The minimum absolute atomic E-state index is 0.0960. The Bertz CT molecular complexity index is 651. The van der Waals surface area contributed by atoms with E-state index in [0.717, 1.165) is 6.07 Å². The minimum Gasteiger partial charge on any atom is -0.478 e. The summed E-state index contributed by atoms with van der Waals surface area (Å²) in [6.07, 6.45) is 2.80. The predicted molar refractivity (Wildman–Crippen MR) is 64.5 cm³/mol. The fraction of sp³-hybridized carbons (Fsp3) is 0.0833. The molecule has 0 aliphatic carbocycles. The number of carbonyl (C=O) groups is 2. The van der Waals surface area contributed by atoms with Gasteiger partial charge in [0.05, 0.1) is 17.4 Å². The summed E-state index contributed by atoms with van der Waals surface area (Å²) in [5, 5.41) is 15.1. The average Bonchev–Trinajstić information content (AvgIpc) is 2.75. The highest BCUT2D eigenvalue weighted by atomic mass is 19.1. The Morgan fingerprint density at radius 2 is 2.16 bits per heavy atom. The smallest absolute Gasteiger partial charge is 0.340 e. The SMILES string of the molecule is Cn1cc(C(=O)Nc2cccc(F)c2C(=O)O)cn1. The van der Waals surface area contributed by atoms with Crippen molar-refractivity contribution in [2.24, 2.45) is 7.05 Å². The zero-order valence-electron chi connectivity index (χ0n) is 9.92. The third-order valence-corrected chi connectivity index (χ3v) is 2.44. The van der Waals surface area contributed by atoms with Gasteiger partial charge in [0, 0.05) is 13.2 Å². The largest absolute Gasteiger partial charge is 0.478 e. The summed E-state index contributed by atoms with van der Waals surface area (Å²) in [5.74, 6) is -2.91. The molecule has 2 aromatic rings. The molecule has 0 atom stereocenters. The topological polar surface area (TPSA) is 84.2 Å². The molecule has 0 spiro atoms. The van der Waals surface area contributed by atoms with Crippen LogP contribution in [0.1, 0.15) is 20.7 Å². The molecule has 1 amide bonds. The Hall–Kier alpha value is -2.70. The van der Waals surface area contributed by atoms with Gasteiger partial charge < -0.3 is 10.4 Å². The molecule has 6 nitrogen and oxygen atoms in total. The number of carbonyl (C=O) groups excluding carboxylic acids is 1. The Balaban J connectivity index is 2.31. The Morgan fingerprint density at radius 3 is 2.74 bits per heavy atom. The van der Waals surface area contributed by atoms with E-state index in [0.29, 0.717) is 0 Å². The molecule has 0 aliphatic rings. The van der Waals surface area contributed by atoms with Crippen LogP contribution in [-0.2, 0) is 7.05 Å². The van der Waals surface area contributed by atoms with E-state index in [4.69, 9.17) is 5.11 Å². The van der Waals surface area contributed by atoms with Gasteiger partial charge in [-0.05, 0) is 12.1 Å². The quantitative estimate of drug-likeness (QED) is 0.879. The number of aromatic carboxylic acids is 1.